The lowest BCUT2D eigenvalue weighted by atomic mass is 10.0. The molecule has 29 heavy (non-hydrogen) atoms. The van der Waals surface area contributed by atoms with Crippen LogP contribution in [0.5, 0.6) is 0 Å². The van der Waals surface area contributed by atoms with Gasteiger partial charge in [-0.2, -0.15) is 0 Å². The van der Waals surface area contributed by atoms with Crippen molar-refractivity contribution in [2.45, 2.75) is 51.1 Å². The van der Waals surface area contributed by atoms with Crippen LogP contribution in [0.25, 0.3) is 0 Å². The molecule has 1 aliphatic heterocycles. The van der Waals surface area contributed by atoms with Gasteiger partial charge in [-0.25, -0.2) is 4.99 Å². The molecule has 4 nitrogen and oxygen atoms in total. The third-order valence-corrected chi connectivity index (χ3v) is 6.42. The van der Waals surface area contributed by atoms with Gasteiger partial charge in [0.2, 0.25) is 5.91 Å². The molecule has 2 aromatic carbocycles. The number of anilines is 1. The predicted molar refractivity (Wildman–Crippen MR) is 123 cm³/mol. The smallest absolute Gasteiger partial charge is 0.234 e. The zero-order valence-electron chi connectivity index (χ0n) is 16.9. The number of aliphatic imine (C=N–C) groups is 2. The van der Waals surface area contributed by atoms with E-state index in [1.54, 1.807) is 0 Å². The number of carbonyl (C=O) groups is 1. The molecule has 0 bridgehead atoms. The molecule has 4 rings (SSSR count). The van der Waals surface area contributed by atoms with E-state index < -0.39 is 0 Å². The van der Waals surface area contributed by atoms with Crippen molar-refractivity contribution in [3.05, 3.63) is 65.7 Å². The number of amides is 1. The zero-order valence-corrected chi connectivity index (χ0v) is 17.7. The number of rotatable bonds is 4. The minimum Gasteiger partial charge on any atom is -0.325 e. The summed E-state index contributed by atoms with van der Waals surface area (Å²) in [5.41, 5.74) is 3.71. The van der Waals surface area contributed by atoms with Gasteiger partial charge in [-0.05, 0) is 44.7 Å². The molecule has 2 aliphatic rings. The SMILES string of the molecule is Cc1ccc(NC(=O)CSC2=NC3(CCCCCC3)N=C2c2ccccc2)cc1. The Labute approximate surface area is 176 Å². The van der Waals surface area contributed by atoms with Crippen LogP contribution in [0.1, 0.15) is 49.7 Å². The van der Waals surface area contributed by atoms with Gasteiger partial charge in [0, 0.05) is 11.3 Å². The average Bonchev–Trinajstić information content (AvgIpc) is 2.93. The molecular weight excluding hydrogens is 378 g/mol. The van der Waals surface area contributed by atoms with E-state index in [2.05, 4.69) is 17.4 Å². The second-order valence-corrected chi connectivity index (χ2v) is 8.81. The Kier molecular flexibility index (Phi) is 6.14. The maximum absolute atomic E-state index is 12.5. The van der Waals surface area contributed by atoms with Crippen LogP contribution >= 0.6 is 11.8 Å². The van der Waals surface area contributed by atoms with Crippen LogP contribution in [0.4, 0.5) is 5.69 Å². The standard InChI is InChI=1S/C24H27N3OS/c1-18-11-13-20(14-12-18)25-21(28)17-29-23-22(19-9-5-4-6-10-19)26-24(27-23)15-7-2-3-8-16-24/h4-6,9-14H,2-3,7-8,15-17H2,1H3,(H,25,28). The van der Waals surface area contributed by atoms with Gasteiger partial charge in [-0.3, -0.25) is 9.79 Å². The molecule has 0 radical (unpaired) electrons. The second-order valence-electron chi connectivity index (χ2n) is 7.84. The fourth-order valence-corrected chi connectivity index (χ4v) is 4.77. The lowest BCUT2D eigenvalue weighted by molar-refractivity contribution is -0.113. The van der Waals surface area contributed by atoms with E-state index in [-0.39, 0.29) is 11.6 Å². The summed E-state index contributed by atoms with van der Waals surface area (Å²) in [6, 6.07) is 18.1. The number of nitrogens with zero attached hydrogens (tertiary/aromatic N) is 2. The van der Waals surface area contributed by atoms with Crippen LogP contribution in [0, 0.1) is 6.92 Å². The molecular formula is C24H27N3OS. The fourth-order valence-electron chi connectivity index (χ4n) is 3.89. The summed E-state index contributed by atoms with van der Waals surface area (Å²) in [4.78, 5) is 22.7. The Morgan fingerprint density at radius 3 is 2.34 bits per heavy atom. The van der Waals surface area contributed by atoms with Crippen LogP contribution in [0.15, 0.2) is 64.6 Å². The number of carbonyl (C=O) groups excluding carboxylic acids is 1. The molecule has 2 aromatic rings. The van der Waals surface area contributed by atoms with Crippen LogP contribution in [0.3, 0.4) is 0 Å². The summed E-state index contributed by atoms with van der Waals surface area (Å²) in [5, 5.41) is 3.87. The maximum Gasteiger partial charge on any atom is 0.234 e. The largest absolute Gasteiger partial charge is 0.325 e. The Hall–Kier alpha value is -2.40. The van der Waals surface area contributed by atoms with Crippen LogP contribution in [-0.4, -0.2) is 28.1 Å². The van der Waals surface area contributed by atoms with Crippen LogP contribution < -0.4 is 5.32 Å². The van der Waals surface area contributed by atoms with Gasteiger partial charge in [0.05, 0.1) is 11.5 Å². The quantitative estimate of drug-likeness (QED) is 0.718. The van der Waals surface area contributed by atoms with Crippen molar-refractivity contribution in [1.29, 1.82) is 0 Å². The highest BCUT2D eigenvalue weighted by atomic mass is 32.2. The van der Waals surface area contributed by atoms with Crippen molar-refractivity contribution in [3.8, 4) is 0 Å². The van der Waals surface area contributed by atoms with Crippen molar-refractivity contribution >= 4 is 34.1 Å². The topological polar surface area (TPSA) is 53.8 Å². The summed E-state index contributed by atoms with van der Waals surface area (Å²) >= 11 is 1.50. The van der Waals surface area contributed by atoms with Crippen molar-refractivity contribution < 1.29 is 4.79 Å². The van der Waals surface area contributed by atoms with E-state index in [1.807, 2.05) is 49.4 Å². The number of aryl methyl sites for hydroxylation is 1. The number of hydrogen-bond donors (Lipinski definition) is 1. The number of nitrogens with one attached hydrogen (secondary N) is 1. The summed E-state index contributed by atoms with van der Waals surface area (Å²) < 4.78 is 0. The van der Waals surface area contributed by atoms with Gasteiger partial charge in [0.25, 0.3) is 0 Å². The molecule has 0 unspecified atom stereocenters. The lowest BCUT2D eigenvalue weighted by Crippen LogP contribution is -2.20. The van der Waals surface area contributed by atoms with E-state index in [4.69, 9.17) is 9.98 Å². The molecule has 1 heterocycles. The summed E-state index contributed by atoms with van der Waals surface area (Å²) in [7, 11) is 0. The third kappa shape index (κ3) is 4.96. The van der Waals surface area contributed by atoms with Gasteiger partial charge in [-0.1, -0.05) is 72.6 Å². The van der Waals surface area contributed by atoms with Crippen LogP contribution in [-0.2, 0) is 4.79 Å². The number of thioether (sulfide) groups is 1. The monoisotopic (exact) mass is 405 g/mol. The van der Waals surface area contributed by atoms with E-state index in [1.165, 1.54) is 43.0 Å². The molecule has 0 aromatic heterocycles. The van der Waals surface area contributed by atoms with Crippen molar-refractivity contribution in [1.82, 2.24) is 0 Å². The highest BCUT2D eigenvalue weighted by molar-refractivity contribution is 8.16. The molecule has 1 aliphatic carbocycles. The molecule has 1 fully saturated rings. The van der Waals surface area contributed by atoms with Gasteiger partial charge >= 0.3 is 0 Å². The molecule has 5 heteroatoms. The van der Waals surface area contributed by atoms with E-state index >= 15 is 0 Å². The third-order valence-electron chi connectivity index (χ3n) is 5.46. The first-order valence-electron chi connectivity index (χ1n) is 10.4. The molecule has 150 valence electrons. The van der Waals surface area contributed by atoms with Crippen LogP contribution in [0.2, 0.25) is 0 Å². The maximum atomic E-state index is 12.5. The zero-order chi connectivity index (χ0) is 20.1. The Morgan fingerprint density at radius 1 is 0.966 bits per heavy atom. The molecule has 0 atom stereocenters. The van der Waals surface area contributed by atoms with Crippen molar-refractivity contribution in [3.63, 3.8) is 0 Å². The first-order valence-corrected chi connectivity index (χ1v) is 11.4. The van der Waals surface area contributed by atoms with Gasteiger partial charge < -0.3 is 5.32 Å². The first-order chi connectivity index (χ1) is 14.1. The predicted octanol–water partition coefficient (Wildman–Crippen LogP) is 5.62. The number of benzene rings is 2. The summed E-state index contributed by atoms with van der Waals surface area (Å²) in [6.45, 7) is 2.04. The van der Waals surface area contributed by atoms with Gasteiger partial charge in [-0.15, -0.1) is 0 Å². The fraction of sp³-hybridized carbons (Fsp3) is 0.375. The first kappa shape index (κ1) is 19.9. The minimum atomic E-state index is -0.322. The van der Waals surface area contributed by atoms with Gasteiger partial charge in [0.15, 0.2) is 5.66 Å². The Morgan fingerprint density at radius 2 is 1.66 bits per heavy atom. The average molecular weight is 406 g/mol. The lowest BCUT2D eigenvalue weighted by Gasteiger charge is -2.20. The van der Waals surface area contributed by atoms with E-state index in [0.29, 0.717) is 5.75 Å². The number of hydrogen-bond acceptors (Lipinski definition) is 4. The normalized spacial score (nSPS) is 18.1. The van der Waals surface area contributed by atoms with E-state index in [9.17, 15) is 4.79 Å². The molecule has 1 spiro atoms. The highest BCUT2D eigenvalue weighted by Gasteiger charge is 2.37. The Bertz CT molecular complexity index is 911. The molecule has 1 amide bonds. The van der Waals surface area contributed by atoms with E-state index in [0.717, 1.165) is 34.8 Å². The molecule has 1 N–H and O–H groups in total. The molecule has 1 saturated carbocycles. The molecule has 0 saturated heterocycles. The Balaban J connectivity index is 1.49. The second kappa shape index (κ2) is 8.95. The highest BCUT2D eigenvalue weighted by Crippen LogP contribution is 2.37. The summed E-state index contributed by atoms with van der Waals surface area (Å²) in [6.07, 6.45) is 6.86. The van der Waals surface area contributed by atoms with Gasteiger partial charge in [0.1, 0.15) is 5.04 Å². The van der Waals surface area contributed by atoms with Crippen molar-refractivity contribution in [2.24, 2.45) is 9.98 Å². The minimum absolute atomic E-state index is 0.0178. The van der Waals surface area contributed by atoms with Crippen molar-refractivity contribution in [2.75, 3.05) is 11.1 Å². The summed E-state index contributed by atoms with van der Waals surface area (Å²) in [5.74, 6) is 0.310.